The van der Waals surface area contributed by atoms with Crippen molar-refractivity contribution in [2.24, 2.45) is 13.0 Å². The number of alkyl halides is 3. The standard InChI is InChI=1S/C37H46F3N7O3/c1-23-16-36(17-23,33-43-41-22-44(33)5)25-7-6-8-28(15-25)47-21-30-29(32(47)48)13-24(14-31(30)37(38,39)40)18-45-11-9-26(19-45)42-27-10-12-46(20-27)34(49)50-35(2,3)4/h6-8,13-15,22-23,26-27,42H,9-12,16-21H2,1-5H3/t23?,26-,27+,36?/m1/s1. The number of nitrogens with zero attached hydrogens (tertiary/aromatic N) is 6. The molecule has 3 fully saturated rings. The third-order valence-corrected chi connectivity index (χ3v) is 10.6. The third-order valence-electron chi connectivity index (χ3n) is 10.6. The summed E-state index contributed by atoms with van der Waals surface area (Å²) in [4.78, 5) is 31.7. The number of aryl methyl sites for hydroxylation is 1. The molecule has 0 radical (unpaired) electrons. The number of hydrogen-bond acceptors (Lipinski definition) is 7. The summed E-state index contributed by atoms with van der Waals surface area (Å²) >= 11 is 0. The number of halogens is 3. The SMILES string of the molecule is CC1CC(c2cccc(N3Cc4c(cc(CN5CC[C@@H](N[C@H]6CCN(C(=O)OC(C)(C)C)C6)C5)cc4C(F)(F)F)C3=O)c2)(c2nncn2C)C1. The molecule has 2 amide bonds. The van der Waals surface area contributed by atoms with E-state index in [9.17, 15) is 22.8 Å². The van der Waals surface area contributed by atoms with Gasteiger partial charge >= 0.3 is 12.3 Å². The van der Waals surface area contributed by atoms with E-state index in [-0.39, 0.29) is 41.3 Å². The van der Waals surface area contributed by atoms with E-state index >= 15 is 0 Å². The number of carbonyl (C=O) groups excluding carboxylic acids is 2. The molecule has 0 bridgehead atoms. The van der Waals surface area contributed by atoms with Crippen LogP contribution in [0.25, 0.3) is 0 Å². The number of rotatable bonds is 7. The van der Waals surface area contributed by atoms with Gasteiger partial charge in [-0.2, -0.15) is 13.2 Å². The summed E-state index contributed by atoms with van der Waals surface area (Å²) in [7, 11) is 1.91. The summed E-state index contributed by atoms with van der Waals surface area (Å²) < 4.78 is 51.1. The monoisotopic (exact) mass is 693 g/mol. The molecule has 2 saturated heterocycles. The van der Waals surface area contributed by atoms with Crippen molar-refractivity contribution in [2.75, 3.05) is 31.1 Å². The molecule has 0 spiro atoms. The first-order valence-electron chi connectivity index (χ1n) is 17.6. The molecule has 0 unspecified atom stereocenters. The maximum Gasteiger partial charge on any atom is 0.416 e. The third kappa shape index (κ3) is 6.61. The van der Waals surface area contributed by atoms with Crippen LogP contribution in [0.5, 0.6) is 0 Å². The zero-order valence-electron chi connectivity index (χ0n) is 29.4. The molecular formula is C37H46F3N7O3. The molecule has 13 heteroatoms. The number of anilines is 1. The lowest BCUT2D eigenvalue weighted by atomic mass is 9.58. The van der Waals surface area contributed by atoms with Crippen LogP contribution in [0.4, 0.5) is 23.7 Å². The lowest BCUT2D eigenvalue weighted by molar-refractivity contribution is -0.138. The largest absolute Gasteiger partial charge is 0.444 e. The Balaban J connectivity index is 1.05. The first-order valence-corrected chi connectivity index (χ1v) is 17.6. The Hall–Kier alpha value is -3.97. The van der Waals surface area contributed by atoms with Crippen molar-refractivity contribution in [1.82, 2.24) is 29.9 Å². The van der Waals surface area contributed by atoms with Crippen molar-refractivity contribution < 1.29 is 27.5 Å². The van der Waals surface area contributed by atoms with Gasteiger partial charge in [0, 0.05) is 63.1 Å². The fourth-order valence-electron chi connectivity index (χ4n) is 8.48. The fraction of sp³-hybridized carbons (Fsp3) is 0.568. The first kappa shape index (κ1) is 34.5. The van der Waals surface area contributed by atoms with Crippen molar-refractivity contribution in [3.63, 3.8) is 0 Å². The molecule has 10 nitrogen and oxygen atoms in total. The van der Waals surface area contributed by atoms with Crippen LogP contribution in [0.2, 0.25) is 0 Å². The average Bonchev–Trinajstić information content (AvgIpc) is 3.83. The molecule has 2 aromatic carbocycles. The minimum absolute atomic E-state index is 0.0219. The highest BCUT2D eigenvalue weighted by Crippen LogP contribution is 2.52. The Morgan fingerprint density at radius 2 is 1.80 bits per heavy atom. The van der Waals surface area contributed by atoms with Gasteiger partial charge < -0.3 is 24.4 Å². The number of aromatic nitrogens is 3. The number of fused-ring (bicyclic) bond motifs is 1. The maximum absolute atomic E-state index is 14.6. The van der Waals surface area contributed by atoms with Gasteiger partial charge in [0.05, 0.1) is 17.5 Å². The summed E-state index contributed by atoms with van der Waals surface area (Å²) in [6.45, 7) is 10.5. The van der Waals surface area contributed by atoms with E-state index in [1.54, 1.807) is 23.4 Å². The predicted octanol–water partition coefficient (Wildman–Crippen LogP) is 5.88. The van der Waals surface area contributed by atoms with Crippen molar-refractivity contribution in [3.05, 3.63) is 76.4 Å². The van der Waals surface area contributed by atoms with Crippen LogP contribution < -0.4 is 10.2 Å². The summed E-state index contributed by atoms with van der Waals surface area (Å²) in [6.07, 6.45) is 0.165. The molecule has 7 rings (SSSR count). The van der Waals surface area contributed by atoms with Crippen LogP contribution in [0.15, 0.2) is 42.7 Å². The van der Waals surface area contributed by atoms with Crippen LogP contribution in [-0.4, -0.2) is 80.4 Å². The molecule has 1 saturated carbocycles. The molecular weight excluding hydrogens is 647 g/mol. The minimum atomic E-state index is -4.60. The Bertz CT molecular complexity index is 1780. The van der Waals surface area contributed by atoms with Gasteiger partial charge in [0.25, 0.3) is 5.91 Å². The summed E-state index contributed by atoms with van der Waals surface area (Å²) in [5.74, 6) is 0.911. The highest BCUT2D eigenvalue weighted by molar-refractivity contribution is 6.10. The van der Waals surface area contributed by atoms with Gasteiger partial charge in [0.1, 0.15) is 17.8 Å². The van der Waals surface area contributed by atoms with E-state index in [1.165, 1.54) is 11.0 Å². The summed E-state index contributed by atoms with van der Waals surface area (Å²) in [6, 6.07) is 10.8. The van der Waals surface area contributed by atoms with Gasteiger partial charge in [-0.25, -0.2) is 4.79 Å². The smallest absolute Gasteiger partial charge is 0.416 e. The second-order valence-electron chi connectivity index (χ2n) is 15.8. The van der Waals surface area contributed by atoms with Crippen molar-refractivity contribution >= 4 is 17.7 Å². The van der Waals surface area contributed by atoms with E-state index in [2.05, 4.69) is 27.3 Å². The van der Waals surface area contributed by atoms with Gasteiger partial charge in [-0.1, -0.05) is 19.1 Å². The topological polar surface area (TPSA) is 95.8 Å². The van der Waals surface area contributed by atoms with Gasteiger partial charge in [0.15, 0.2) is 0 Å². The molecule has 50 heavy (non-hydrogen) atoms. The van der Waals surface area contributed by atoms with Crippen LogP contribution in [-0.2, 0) is 36.5 Å². The predicted molar refractivity (Wildman–Crippen MR) is 182 cm³/mol. The molecule has 1 N–H and O–H groups in total. The number of amides is 2. The highest BCUT2D eigenvalue weighted by atomic mass is 19.4. The number of carbonyl (C=O) groups is 2. The Morgan fingerprint density at radius 1 is 1.06 bits per heavy atom. The second kappa shape index (κ2) is 12.7. The molecule has 268 valence electrons. The van der Waals surface area contributed by atoms with Crippen molar-refractivity contribution in [1.29, 1.82) is 0 Å². The number of hydrogen-bond donors (Lipinski definition) is 1. The molecule has 3 aromatic rings. The maximum atomic E-state index is 14.6. The first-order chi connectivity index (χ1) is 23.6. The van der Waals surface area contributed by atoms with Crippen LogP contribution in [0.3, 0.4) is 0 Å². The number of benzene rings is 2. The van der Waals surface area contributed by atoms with Crippen LogP contribution >= 0.6 is 0 Å². The molecule has 1 aromatic heterocycles. The Morgan fingerprint density at radius 3 is 2.48 bits per heavy atom. The van der Waals surface area contributed by atoms with Crippen molar-refractivity contribution in [2.45, 2.75) is 95.7 Å². The minimum Gasteiger partial charge on any atom is -0.444 e. The summed E-state index contributed by atoms with van der Waals surface area (Å²) in [5, 5.41) is 12.2. The summed E-state index contributed by atoms with van der Waals surface area (Å²) in [5.41, 5.74) is 0.504. The Labute approximate surface area is 291 Å². The highest BCUT2D eigenvalue weighted by Gasteiger charge is 2.48. The van der Waals surface area contributed by atoms with E-state index in [0.717, 1.165) is 43.6 Å². The van der Waals surface area contributed by atoms with Gasteiger partial charge in [-0.15, -0.1) is 10.2 Å². The lowest BCUT2D eigenvalue weighted by Gasteiger charge is -2.46. The molecule has 1 aliphatic carbocycles. The number of nitrogens with one attached hydrogen (secondary N) is 1. The quantitative estimate of drug-likeness (QED) is 0.330. The van der Waals surface area contributed by atoms with Crippen LogP contribution in [0.1, 0.15) is 91.8 Å². The number of likely N-dealkylation sites (tertiary alicyclic amines) is 2. The zero-order chi connectivity index (χ0) is 35.6. The number of ether oxygens (including phenoxy) is 1. The zero-order valence-corrected chi connectivity index (χ0v) is 29.4. The van der Waals surface area contributed by atoms with Gasteiger partial charge in [0.2, 0.25) is 0 Å². The molecule has 2 atom stereocenters. The Kier molecular flexibility index (Phi) is 8.73. The average molecular weight is 694 g/mol. The lowest BCUT2D eigenvalue weighted by Crippen LogP contribution is -2.43. The molecule has 4 aliphatic rings. The molecule has 4 heterocycles. The second-order valence-corrected chi connectivity index (χ2v) is 15.8. The van der Waals surface area contributed by atoms with E-state index < -0.39 is 23.2 Å². The van der Waals surface area contributed by atoms with E-state index in [0.29, 0.717) is 43.3 Å². The normalized spacial score (nSPS) is 25.7. The van der Waals surface area contributed by atoms with E-state index in [1.807, 2.05) is 50.6 Å². The van der Waals surface area contributed by atoms with Crippen molar-refractivity contribution in [3.8, 4) is 0 Å². The van der Waals surface area contributed by atoms with E-state index in [4.69, 9.17) is 4.74 Å². The van der Waals surface area contributed by atoms with Crippen LogP contribution in [0, 0.1) is 5.92 Å². The van der Waals surface area contributed by atoms with Gasteiger partial charge in [-0.05, 0) is 93.3 Å². The van der Waals surface area contributed by atoms with Gasteiger partial charge in [-0.3, -0.25) is 9.69 Å². The fourth-order valence-corrected chi connectivity index (χ4v) is 8.48. The molecule has 3 aliphatic heterocycles.